The van der Waals surface area contributed by atoms with Gasteiger partial charge in [-0.25, -0.2) is 0 Å². The fourth-order valence-electron chi connectivity index (χ4n) is 2.20. The van der Waals surface area contributed by atoms with E-state index in [0.29, 0.717) is 29.7 Å². The maximum absolute atomic E-state index is 6.30. The second-order valence-corrected chi connectivity index (χ2v) is 5.63. The summed E-state index contributed by atoms with van der Waals surface area (Å²) in [5.74, 6) is 1.17. The molecule has 2 aromatic rings. The number of aromatic nitrogens is 2. The Balaban J connectivity index is 1.99. The molecule has 0 unspecified atom stereocenters. The smallest absolute Gasteiger partial charge is 0.180 e. The van der Waals surface area contributed by atoms with Crippen LogP contribution in [0, 0.1) is 0 Å². The molecule has 0 spiro atoms. The van der Waals surface area contributed by atoms with Crippen molar-refractivity contribution < 1.29 is 9.47 Å². The fourth-order valence-corrected chi connectivity index (χ4v) is 2.49. The zero-order chi connectivity index (χ0) is 16.7. The van der Waals surface area contributed by atoms with Crippen molar-refractivity contribution in [3.63, 3.8) is 0 Å². The molecule has 0 amide bonds. The minimum atomic E-state index is 0.274. The third kappa shape index (κ3) is 5.01. The zero-order valence-electron chi connectivity index (χ0n) is 13.5. The number of ether oxygens (including phenoxy) is 2. The first-order valence-electron chi connectivity index (χ1n) is 7.45. The summed E-state index contributed by atoms with van der Waals surface area (Å²) in [4.78, 5) is 0. The maximum atomic E-state index is 6.30. The van der Waals surface area contributed by atoms with E-state index in [2.05, 4.69) is 23.9 Å². The highest BCUT2D eigenvalue weighted by molar-refractivity contribution is 6.32. The van der Waals surface area contributed by atoms with Gasteiger partial charge < -0.3 is 14.8 Å². The molecule has 124 valence electrons. The Hall–Kier alpha value is -1.98. The van der Waals surface area contributed by atoms with Gasteiger partial charge in [-0.15, -0.1) is 0 Å². The van der Waals surface area contributed by atoms with Gasteiger partial charge in [0.15, 0.2) is 11.5 Å². The minimum Gasteiger partial charge on any atom is -0.493 e. The average Bonchev–Trinajstić information content (AvgIpc) is 3.04. The molecule has 1 N–H and O–H groups in total. The summed E-state index contributed by atoms with van der Waals surface area (Å²) < 4.78 is 12.8. The summed E-state index contributed by atoms with van der Waals surface area (Å²) in [6, 6.07) is 6.00. The van der Waals surface area contributed by atoms with Crippen molar-refractivity contribution in [2.24, 2.45) is 0 Å². The lowest BCUT2D eigenvalue weighted by molar-refractivity contribution is 0.326. The molecule has 0 saturated carbocycles. The van der Waals surface area contributed by atoms with Gasteiger partial charge in [-0.1, -0.05) is 24.3 Å². The number of benzene rings is 1. The normalized spacial score (nSPS) is 12.0. The quantitative estimate of drug-likeness (QED) is 0.714. The van der Waals surface area contributed by atoms with Crippen molar-refractivity contribution in [3.8, 4) is 11.5 Å². The average molecular weight is 336 g/mol. The molecule has 0 aliphatic carbocycles. The second-order valence-electron chi connectivity index (χ2n) is 5.22. The van der Waals surface area contributed by atoms with Crippen LogP contribution in [-0.2, 0) is 13.1 Å². The Morgan fingerprint density at radius 3 is 2.96 bits per heavy atom. The number of nitrogens with one attached hydrogen (secondary N) is 1. The van der Waals surface area contributed by atoms with Gasteiger partial charge in [-0.05, 0) is 30.7 Å². The first-order valence-corrected chi connectivity index (χ1v) is 7.82. The molecule has 5 nitrogen and oxygen atoms in total. The molecular weight excluding hydrogens is 314 g/mol. The number of rotatable bonds is 9. The predicted molar refractivity (Wildman–Crippen MR) is 92.2 cm³/mol. The van der Waals surface area contributed by atoms with Crippen LogP contribution in [-0.4, -0.2) is 29.5 Å². The fraction of sp³-hybridized carbons (Fsp3) is 0.353. The van der Waals surface area contributed by atoms with Gasteiger partial charge in [0, 0.05) is 25.0 Å². The van der Waals surface area contributed by atoms with Crippen LogP contribution in [0.5, 0.6) is 11.5 Å². The summed E-state index contributed by atoms with van der Waals surface area (Å²) in [5.41, 5.74) is 1.03. The van der Waals surface area contributed by atoms with E-state index in [1.165, 1.54) is 0 Å². The summed E-state index contributed by atoms with van der Waals surface area (Å²) in [5, 5.41) is 8.18. The van der Waals surface area contributed by atoms with Gasteiger partial charge in [0.25, 0.3) is 0 Å². The zero-order valence-corrected chi connectivity index (χ0v) is 14.2. The van der Waals surface area contributed by atoms with E-state index in [9.17, 15) is 0 Å². The van der Waals surface area contributed by atoms with Crippen molar-refractivity contribution in [1.29, 1.82) is 0 Å². The Bertz CT molecular complexity index is 629. The first kappa shape index (κ1) is 17.4. The summed E-state index contributed by atoms with van der Waals surface area (Å²) in [7, 11) is 1.60. The van der Waals surface area contributed by atoms with E-state index in [1.54, 1.807) is 19.4 Å². The highest BCUT2D eigenvalue weighted by Gasteiger charge is 2.12. The number of methoxy groups -OCH3 is 1. The van der Waals surface area contributed by atoms with E-state index in [0.717, 1.165) is 12.1 Å². The van der Waals surface area contributed by atoms with E-state index >= 15 is 0 Å². The van der Waals surface area contributed by atoms with Crippen molar-refractivity contribution in [2.45, 2.75) is 26.1 Å². The SMILES string of the molecule is C=CCOc1c(Cl)cc(CN[C@H](C)Cn2cccn2)cc1OC. The Labute approximate surface area is 141 Å². The van der Waals surface area contributed by atoms with E-state index in [4.69, 9.17) is 21.1 Å². The van der Waals surface area contributed by atoms with Crippen LogP contribution >= 0.6 is 11.6 Å². The predicted octanol–water partition coefficient (Wildman–Crippen LogP) is 3.29. The third-order valence-corrected chi connectivity index (χ3v) is 3.59. The van der Waals surface area contributed by atoms with Crippen LogP contribution in [0.3, 0.4) is 0 Å². The molecule has 0 aliphatic rings. The van der Waals surface area contributed by atoms with Crippen molar-refractivity contribution in [2.75, 3.05) is 13.7 Å². The van der Waals surface area contributed by atoms with E-state index in [1.807, 2.05) is 29.1 Å². The highest BCUT2D eigenvalue weighted by Crippen LogP contribution is 2.36. The van der Waals surface area contributed by atoms with Crippen LogP contribution in [0.25, 0.3) is 0 Å². The monoisotopic (exact) mass is 335 g/mol. The summed E-state index contributed by atoms with van der Waals surface area (Å²) >= 11 is 6.30. The molecule has 0 radical (unpaired) electrons. The van der Waals surface area contributed by atoms with Gasteiger partial charge in [0.2, 0.25) is 0 Å². The number of halogens is 1. The third-order valence-electron chi connectivity index (χ3n) is 3.31. The van der Waals surface area contributed by atoms with Gasteiger partial charge in [0.1, 0.15) is 6.61 Å². The van der Waals surface area contributed by atoms with Gasteiger partial charge in [-0.2, -0.15) is 5.10 Å². The molecule has 1 aromatic carbocycles. The first-order chi connectivity index (χ1) is 11.1. The molecule has 0 fully saturated rings. The van der Waals surface area contributed by atoms with Crippen LogP contribution < -0.4 is 14.8 Å². The van der Waals surface area contributed by atoms with E-state index < -0.39 is 0 Å². The van der Waals surface area contributed by atoms with Gasteiger partial charge in [-0.3, -0.25) is 4.68 Å². The lowest BCUT2D eigenvalue weighted by Gasteiger charge is -2.16. The standard InChI is InChI=1S/C17H22ClN3O2/c1-4-8-23-17-15(18)9-14(10-16(17)22-3)11-19-13(2)12-21-7-5-6-20-21/h4-7,9-10,13,19H,1,8,11-12H2,2-3H3/t13-/m1/s1. The highest BCUT2D eigenvalue weighted by atomic mass is 35.5. The van der Waals surface area contributed by atoms with E-state index in [-0.39, 0.29) is 6.04 Å². The molecule has 0 aliphatic heterocycles. The maximum Gasteiger partial charge on any atom is 0.180 e. The van der Waals surface area contributed by atoms with Crippen molar-refractivity contribution >= 4 is 11.6 Å². The molecule has 1 heterocycles. The summed E-state index contributed by atoms with van der Waals surface area (Å²) in [6.07, 6.45) is 5.39. The lowest BCUT2D eigenvalue weighted by Crippen LogP contribution is -2.30. The second kappa shape index (κ2) is 8.60. The number of hydrogen-bond acceptors (Lipinski definition) is 4. The molecular formula is C17H22ClN3O2. The molecule has 1 atom stereocenters. The Morgan fingerprint density at radius 1 is 1.48 bits per heavy atom. The number of nitrogens with zero attached hydrogens (tertiary/aromatic N) is 2. The molecule has 1 aromatic heterocycles. The molecule has 0 saturated heterocycles. The van der Waals surface area contributed by atoms with Gasteiger partial charge >= 0.3 is 0 Å². The van der Waals surface area contributed by atoms with Crippen LogP contribution in [0.2, 0.25) is 5.02 Å². The molecule has 6 heteroatoms. The Morgan fingerprint density at radius 2 is 2.30 bits per heavy atom. The van der Waals surface area contributed by atoms with Crippen LogP contribution in [0.1, 0.15) is 12.5 Å². The number of hydrogen-bond donors (Lipinski definition) is 1. The van der Waals surface area contributed by atoms with Crippen molar-refractivity contribution in [1.82, 2.24) is 15.1 Å². The molecule has 2 rings (SSSR count). The van der Waals surface area contributed by atoms with Crippen molar-refractivity contribution in [3.05, 3.63) is 53.8 Å². The summed E-state index contributed by atoms with van der Waals surface area (Å²) in [6.45, 7) is 7.61. The topological polar surface area (TPSA) is 48.3 Å². The Kier molecular flexibility index (Phi) is 6.50. The van der Waals surface area contributed by atoms with Crippen LogP contribution in [0.4, 0.5) is 0 Å². The van der Waals surface area contributed by atoms with Gasteiger partial charge in [0.05, 0.1) is 18.7 Å². The van der Waals surface area contributed by atoms with Crippen LogP contribution in [0.15, 0.2) is 43.2 Å². The lowest BCUT2D eigenvalue weighted by atomic mass is 10.2. The largest absolute Gasteiger partial charge is 0.493 e. The molecule has 23 heavy (non-hydrogen) atoms. The molecule has 0 bridgehead atoms. The minimum absolute atomic E-state index is 0.274.